The van der Waals surface area contributed by atoms with E-state index in [0.29, 0.717) is 5.41 Å². The predicted molar refractivity (Wildman–Crippen MR) is 87.8 cm³/mol. The molecule has 1 atom stereocenters. The lowest BCUT2D eigenvalue weighted by molar-refractivity contribution is -0.0388. The van der Waals surface area contributed by atoms with Crippen LogP contribution < -0.4 is 10.0 Å². The third-order valence-electron chi connectivity index (χ3n) is 5.64. The molecule has 1 aliphatic carbocycles. The molecule has 7 heteroatoms. The molecule has 0 aromatic heterocycles. The van der Waals surface area contributed by atoms with E-state index in [2.05, 4.69) is 14.9 Å². The Morgan fingerprint density at radius 3 is 2.45 bits per heavy atom. The monoisotopic (exact) mass is 330 g/mol. The fourth-order valence-electron chi connectivity index (χ4n) is 4.25. The summed E-state index contributed by atoms with van der Waals surface area (Å²) in [6, 6.07) is 0.117. The van der Waals surface area contributed by atoms with Crippen molar-refractivity contribution in [1.29, 1.82) is 0 Å². The van der Waals surface area contributed by atoms with E-state index in [0.717, 1.165) is 31.6 Å². The summed E-state index contributed by atoms with van der Waals surface area (Å²) in [5.41, 5.74) is 0.478. The van der Waals surface area contributed by atoms with Crippen LogP contribution in [0.3, 0.4) is 0 Å². The summed E-state index contributed by atoms with van der Waals surface area (Å²) < 4.78 is 27.9. The van der Waals surface area contributed by atoms with Gasteiger partial charge in [0.25, 0.3) is 10.2 Å². The summed E-state index contributed by atoms with van der Waals surface area (Å²) in [5, 5.41) is 3.44. The van der Waals surface area contributed by atoms with Gasteiger partial charge >= 0.3 is 0 Å². The number of rotatable bonds is 5. The van der Waals surface area contributed by atoms with Crippen molar-refractivity contribution in [3.8, 4) is 0 Å². The molecule has 128 valence electrons. The highest BCUT2D eigenvalue weighted by Gasteiger charge is 2.45. The molecule has 22 heavy (non-hydrogen) atoms. The summed E-state index contributed by atoms with van der Waals surface area (Å²) in [4.78, 5) is 2.60. The van der Waals surface area contributed by atoms with E-state index in [9.17, 15) is 8.42 Å². The van der Waals surface area contributed by atoms with Crippen LogP contribution in [-0.4, -0.2) is 70.5 Å². The molecular weight excluding hydrogens is 300 g/mol. The highest BCUT2D eigenvalue weighted by Crippen LogP contribution is 2.44. The lowest BCUT2D eigenvalue weighted by Crippen LogP contribution is -2.60. The van der Waals surface area contributed by atoms with Gasteiger partial charge in [-0.1, -0.05) is 0 Å². The van der Waals surface area contributed by atoms with E-state index in [1.165, 1.54) is 43.4 Å². The Bertz CT molecular complexity index is 472. The topological polar surface area (TPSA) is 64.7 Å². The SMILES string of the molecule is CN(C)S(=O)(=O)NC1CCC2(CC1)CN(C[C@@H]1CCNC1)C2. The highest BCUT2D eigenvalue weighted by atomic mass is 32.2. The molecule has 0 aromatic rings. The number of likely N-dealkylation sites (tertiary alicyclic amines) is 1. The van der Waals surface area contributed by atoms with Gasteiger partial charge in [0.1, 0.15) is 0 Å². The van der Waals surface area contributed by atoms with Crippen LogP contribution in [0.15, 0.2) is 0 Å². The van der Waals surface area contributed by atoms with Crippen molar-refractivity contribution in [3.05, 3.63) is 0 Å². The van der Waals surface area contributed by atoms with Crippen molar-refractivity contribution in [2.75, 3.05) is 46.8 Å². The molecule has 0 aromatic carbocycles. The Kier molecular flexibility index (Phi) is 4.81. The molecule has 0 bridgehead atoms. The lowest BCUT2D eigenvalue weighted by Gasteiger charge is -2.54. The minimum atomic E-state index is -3.28. The molecule has 2 aliphatic heterocycles. The van der Waals surface area contributed by atoms with Crippen LogP contribution in [0.4, 0.5) is 0 Å². The van der Waals surface area contributed by atoms with Crippen LogP contribution in [0.25, 0.3) is 0 Å². The smallest absolute Gasteiger partial charge is 0.279 e. The van der Waals surface area contributed by atoms with Gasteiger partial charge in [-0.25, -0.2) is 0 Å². The van der Waals surface area contributed by atoms with Gasteiger partial charge in [-0.3, -0.25) is 0 Å². The molecule has 0 amide bonds. The van der Waals surface area contributed by atoms with Gasteiger partial charge in [0.05, 0.1) is 0 Å². The molecule has 3 aliphatic rings. The van der Waals surface area contributed by atoms with Gasteiger partial charge in [0, 0.05) is 39.8 Å². The number of hydrogen-bond donors (Lipinski definition) is 2. The largest absolute Gasteiger partial charge is 0.316 e. The number of hydrogen-bond acceptors (Lipinski definition) is 4. The average Bonchev–Trinajstić information content (AvgIpc) is 2.92. The van der Waals surface area contributed by atoms with Crippen molar-refractivity contribution < 1.29 is 8.42 Å². The average molecular weight is 330 g/mol. The van der Waals surface area contributed by atoms with Crippen LogP contribution in [-0.2, 0) is 10.2 Å². The third kappa shape index (κ3) is 3.64. The second-order valence-corrected chi connectivity index (χ2v) is 9.62. The van der Waals surface area contributed by atoms with Crippen molar-refractivity contribution in [2.45, 2.75) is 38.1 Å². The van der Waals surface area contributed by atoms with Crippen LogP contribution in [0, 0.1) is 11.3 Å². The fourth-order valence-corrected chi connectivity index (χ4v) is 5.11. The molecule has 6 nitrogen and oxygen atoms in total. The molecule has 0 unspecified atom stereocenters. The normalized spacial score (nSPS) is 30.0. The summed E-state index contributed by atoms with van der Waals surface area (Å²) >= 11 is 0. The minimum absolute atomic E-state index is 0.117. The van der Waals surface area contributed by atoms with E-state index in [1.807, 2.05) is 0 Å². The molecule has 1 spiro atoms. The maximum Gasteiger partial charge on any atom is 0.279 e. The summed E-state index contributed by atoms with van der Waals surface area (Å²) in [5.74, 6) is 0.834. The summed E-state index contributed by atoms with van der Waals surface area (Å²) in [6.45, 7) is 6.04. The van der Waals surface area contributed by atoms with E-state index >= 15 is 0 Å². The first-order valence-electron chi connectivity index (χ1n) is 8.51. The van der Waals surface area contributed by atoms with Crippen LogP contribution in [0.2, 0.25) is 0 Å². The zero-order valence-electron chi connectivity index (χ0n) is 13.8. The van der Waals surface area contributed by atoms with Gasteiger partial charge in [0.15, 0.2) is 0 Å². The Hall–Kier alpha value is -0.210. The standard InChI is InChI=1S/C15H30N4O2S/c1-18(2)22(20,21)17-14-3-6-15(7-4-14)11-19(12-15)10-13-5-8-16-9-13/h13-14,16-17H,3-12H2,1-2H3/t13-/m1/s1. The number of nitrogens with one attached hydrogen (secondary N) is 2. The zero-order valence-corrected chi connectivity index (χ0v) is 14.7. The van der Waals surface area contributed by atoms with Crippen LogP contribution in [0.1, 0.15) is 32.1 Å². The van der Waals surface area contributed by atoms with Crippen molar-refractivity contribution in [1.82, 2.24) is 19.2 Å². The first-order chi connectivity index (χ1) is 10.4. The van der Waals surface area contributed by atoms with Gasteiger partial charge < -0.3 is 10.2 Å². The fraction of sp³-hybridized carbons (Fsp3) is 1.00. The molecule has 1 saturated carbocycles. The Balaban J connectivity index is 1.41. The van der Waals surface area contributed by atoms with Crippen LogP contribution >= 0.6 is 0 Å². The molecular formula is C15H30N4O2S. The quantitative estimate of drug-likeness (QED) is 0.758. The maximum absolute atomic E-state index is 11.9. The zero-order chi connectivity index (χ0) is 15.8. The van der Waals surface area contributed by atoms with Crippen molar-refractivity contribution in [3.63, 3.8) is 0 Å². The Morgan fingerprint density at radius 2 is 1.91 bits per heavy atom. The molecule has 0 radical (unpaired) electrons. The van der Waals surface area contributed by atoms with E-state index in [-0.39, 0.29) is 6.04 Å². The molecule has 3 fully saturated rings. The molecule has 2 N–H and O–H groups in total. The van der Waals surface area contributed by atoms with E-state index in [1.54, 1.807) is 14.1 Å². The maximum atomic E-state index is 11.9. The third-order valence-corrected chi connectivity index (χ3v) is 7.23. The molecule has 3 rings (SSSR count). The first kappa shape index (κ1) is 16.6. The van der Waals surface area contributed by atoms with E-state index in [4.69, 9.17) is 0 Å². The summed E-state index contributed by atoms with van der Waals surface area (Å²) in [7, 11) is -0.129. The van der Waals surface area contributed by atoms with Gasteiger partial charge in [-0.2, -0.15) is 17.4 Å². The number of nitrogens with zero attached hydrogens (tertiary/aromatic N) is 2. The second-order valence-electron chi connectivity index (χ2n) is 7.71. The second kappa shape index (κ2) is 6.36. The molecule has 2 saturated heterocycles. The minimum Gasteiger partial charge on any atom is -0.316 e. The van der Waals surface area contributed by atoms with Gasteiger partial charge in [0.2, 0.25) is 0 Å². The first-order valence-corrected chi connectivity index (χ1v) is 9.95. The predicted octanol–water partition coefficient (Wildman–Crippen LogP) is 0.237. The Labute approximate surface area is 134 Å². The van der Waals surface area contributed by atoms with Crippen molar-refractivity contribution >= 4 is 10.2 Å². The molecule has 2 heterocycles. The van der Waals surface area contributed by atoms with E-state index < -0.39 is 10.2 Å². The van der Waals surface area contributed by atoms with Gasteiger partial charge in [-0.05, 0) is 56.5 Å². The highest BCUT2D eigenvalue weighted by molar-refractivity contribution is 7.87. The van der Waals surface area contributed by atoms with Gasteiger partial charge in [-0.15, -0.1) is 0 Å². The lowest BCUT2D eigenvalue weighted by atomic mass is 9.67. The van der Waals surface area contributed by atoms with Crippen molar-refractivity contribution in [2.24, 2.45) is 11.3 Å². The van der Waals surface area contributed by atoms with Crippen LogP contribution in [0.5, 0.6) is 0 Å². The summed E-state index contributed by atoms with van der Waals surface area (Å²) in [6.07, 6.45) is 5.59. The Morgan fingerprint density at radius 1 is 1.23 bits per heavy atom.